The number of likely N-dealkylation sites (N-methyl/N-ethyl adjacent to an activating group) is 1. The highest BCUT2D eigenvalue weighted by Gasteiger charge is 2.47. The molecule has 29 heavy (non-hydrogen) atoms. The number of nitrogens with zero attached hydrogens (tertiary/aromatic N) is 2. The first-order valence-corrected chi connectivity index (χ1v) is 9.12. The number of amides is 2. The summed E-state index contributed by atoms with van der Waals surface area (Å²) >= 11 is 0. The second-order valence-corrected chi connectivity index (χ2v) is 7.13. The highest BCUT2D eigenvalue weighted by atomic mass is 16.7. The molecule has 0 spiro atoms. The molecule has 1 unspecified atom stereocenters. The van der Waals surface area contributed by atoms with Gasteiger partial charge in [0.2, 0.25) is 18.6 Å². The molecule has 6 rings (SSSR count). The van der Waals surface area contributed by atoms with Crippen molar-refractivity contribution in [2.75, 3.05) is 20.3 Å². The van der Waals surface area contributed by atoms with Gasteiger partial charge >= 0.3 is 0 Å². The molecular weight excluding hydrogens is 370 g/mol. The smallest absolute Gasteiger partial charge is 0.245 e. The van der Waals surface area contributed by atoms with Gasteiger partial charge in [0.25, 0.3) is 0 Å². The van der Waals surface area contributed by atoms with Crippen LogP contribution >= 0.6 is 0 Å². The number of piperazine rings is 1. The molecule has 4 heterocycles. The van der Waals surface area contributed by atoms with Crippen molar-refractivity contribution in [1.82, 2.24) is 14.8 Å². The van der Waals surface area contributed by atoms with Crippen LogP contribution in [0.1, 0.15) is 31.1 Å². The van der Waals surface area contributed by atoms with Crippen LogP contribution in [0.4, 0.5) is 0 Å². The number of para-hydroxylation sites is 1. The number of ether oxygens (including phenoxy) is 2. The Bertz CT molecular complexity index is 1420. The Morgan fingerprint density at radius 2 is 2.07 bits per heavy atom. The molecule has 3 aromatic rings. The summed E-state index contributed by atoms with van der Waals surface area (Å²) in [5.74, 6) is -1.69. The fraction of sp³-hybridized carbons (Fsp3) is 0.273. The number of hydrogen-bond donors (Lipinski definition) is 1. The highest BCUT2D eigenvalue weighted by molar-refractivity contribution is 5.97. The predicted molar refractivity (Wildman–Crippen MR) is 105 cm³/mol. The first-order valence-electron chi connectivity index (χ1n) is 12.1. The van der Waals surface area contributed by atoms with Gasteiger partial charge in [0, 0.05) is 34.1 Å². The van der Waals surface area contributed by atoms with Gasteiger partial charge < -0.3 is 24.3 Å². The van der Waals surface area contributed by atoms with E-state index in [0.717, 1.165) is 10.3 Å². The minimum atomic E-state index is -3.26. The number of H-pyrrole nitrogens is 1. The van der Waals surface area contributed by atoms with Crippen LogP contribution in [0, 0.1) is 0 Å². The average Bonchev–Trinajstić information content (AvgIpc) is 3.39. The Labute approximate surface area is 175 Å². The van der Waals surface area contributed by atoms with Gasteiger partial charge in [-0.1, -0.05) is 24.3 Å². The van der Waals surface area contributed by atoms with Crippen molar-refractivity contribution in [2.24, 2.45) is 0 Å². The first kappa shape index (κ1) is 11.5. The first-order chi connectivity index (χ1) is 16.4. The monoisotopic (exact) mass is 395 g/mol. The lowest BCUT2D eigenvalue weighted by Crippen LogP contribution is -2.62. The SMILES string of the molecule is [2H]C([2H])([2H])N1C(=O)[C@@]2([2H])Cc3c([nH]c4ccccc34)C(c3ccc4c(c3)OCO4)N2C(=O)C1([2H])[2H]. The predicted octanol–water partition coefficient (Wildman–Crippen LogP) is 2.21. The van der Waals surface area contributed by atoms with Crippen LogP contribution in [0.2, 0.25) is 0 Å². The maximum atomic E-state index is 13.6. The standard InChI is InChI=1S/C22H19N3O4/c1-24-10-19(26)25-16(22(24)27)9-14-13-4-2-3-5-15(13)23-20(14)21(25)12-6-7-17-18(8-12)29-11-28-17/h2-8,16,21,23H,9-11H2,1H3/t16-,21?/m1/s1/i1D3,10D2,16D. The minimum Gasteiger partial charge on any atom is -0.454 e. The second kappa shape index (κ2) is 5.76. The van der Waals surface area contributed by atoms with Gasteiger partial charge in [-0.15, -0.1) is 0 Å². The van der Waals surface area contributed by atoms with Crippen LogP contribution in [0.25, 0.3) is 10.9 Å². The van der Waals surface area contributed by atoms with Gasteiger partial charge in [0.1, 0.15) is 6.02 Å². The van der Waals surface area contributed by atoms with Gasteiger partial charge in [0.05, 0.1) is 16.7 Å². The summed E-state index contributed by atoms with van der Waals surface area (Å²) in [6.45, 7) is -6.43. The van der Waals surface area contributed by atoms with Gasteiger partial charge in [0.15, 0.2) is 11.5 Å². The quantitative estimate of drug-likeness (QED) is 0.686. The van der Waals surface area contributed by atoms with E-state index in [-0.39, 0.29) is 18.1 Å². The lowest BCUT2D eigenvalue weighted by atomic mass is 9.86. The van der Waals surface area contributed by atoms with Gasteiger partial charge in [-0.05, 0) is 29.3 Å². The van der Waals surface area contributed by atoms with Crippen LogP contribution in [-0.2, 0) is 16.0 Å². The van der Waals surface area contributed by atoms with E-state index in [1.807, 2.05) is 18.2 Å². The van der Waals surface area contributed by atoms with E-state index in [1.165, 1.54) is 0 Å². The van der Waals surface area contributed by atoms with Crippen LogP contribution in [0.15, 0.2) is 42.5 Å². The van der Waals surface area contributed by atoms with Crippen LogP contribution < -0.4 is 9.47 Å². The number of aromatic nitrogens is 1. The maximum Gasteiger partial charge on any atom is 0.245 e. The Balaban J connectivity index is 1.64. The van der Waals surface area contributed by atoms with Crippen molar-refractivity contribution in [3.05, 3.63) is 59.3 Å². The van der Waals surface area contributed by atoms with Crippen molar-refractivity contribution in [3.63, 3.8) is 0 Å². The fourth-order valence-electron chi connectivity index (χ4n) is 4.33. The number of hydrogen-bond acceptors (Lipinski definition) is 4. The topological polar surface area (TPSA) is 74.9 Å². The molecule has 2 amide bonds. The molecule has 1 fully saturated rings. The molecule has 7 nitrogen and oxygen atoms in total. The largest absolute Gasteiger partial charge is 0.454 e. The minimum absolute atomic E-state index is 0.0146. The van der Waals surface area contributed by atoms with E-state index in [1.54, 1.807) is 24.3 Å². The van der Waals surface area contributed by atoms with Gasteiger partial charge in [-0.2, -0.15) is 0 Å². The van der Waals surface area contributed by atoms with Crippen molar-refractivity contribution >= 4 is 22.7 Å². The Morgan fingerprint density at radius 3 is 2.97 bits per heavy atom. The van der Waals surface area contributed by atoms with Crippen molar-refractivity contribution in [1.29, 1.82) is 0 Å². The molecule has 146 valence electrons. The third kappa shape index (κ3) is 2.24. The lowest BCUT2D eigenvalue weighted by molar-refractivity contribution is -0.157. The summed E-state index contributed by atoms with van der Waals surface area (Å²) in [6, 6.07) is 8.69. The zero-order chi connectivity index (χ0) is 24.9. The number of nitrogens with one attached hydrogen (secondary N) is 1. The summed E-state index contributed by atoms with van der Waals surface area (Å²) in [5.41, 5.74) is 2.27. The van der Waals surface area contributed by atoms with Crippen LogP contribution in [-0.4, -0.2) is 52.9 Å². The number of benzene rings is 2. The van der Waals surface area contributed by atoms with E-state index in [4.69, 9.17) is 16.3 Å². The third-order valence-corrected chi connectivity index (χ3v) is 5.60. The zero-order valence-electron chi connectivity index (χ0n) is 21.1. The van der Waals surface area contributed by atoms with Crippen molar-refractivity contribution in [3.8, 4) is 11.5 Å². The third-order valence-electron chi connectivity index (χ3n) is 5.60. The molecule has 7 heteroatoms. The second-order valence-electron chi connectivity index (χ2n) is 7.13. The molecule has 0 radical (unpaired) electrons. The van der Waals surface area contributed by atoms with E-state index in [0.29, 0.717) is 33.8 Å². The molecule has 1 aromatic heterocycles. The highest BCUT2D eigenvalue weighted by Crippen LogP contribution is 2.44. The Hall–Kier alpha value is -3.48. The summed E-state index contributed by atoms with van der Waals surface area (Å²) < 4.78 is 60.0. The average molecular weight is 395 g/mol. The summed E-state index contributed by atoms with van der Waals surface area (Å²) in [5, 5.41) is 0.730. The molecule has 3 aliphatic rings. The molecule has 2 aromatic carbocycles. The molecule has 0 bridgehead atoms. The molecule has 2 atom stereocenters. The maximum absolute atomic E-state index is 13.6. The normalized spacial score (nSPS) is 30.6. The lowest BCUT2D eigenvalue weighted by Gasteiger charge is -2.46. The van der Waals surface area contributed by atoms with Gasteiger partial charge in [-0.25, -0.2) is 0 Å². The van der Waals surface area contributed by atoms with Crippen molar-refractivity contribution in [2.45, 2.75) is 18.5 Å². The molecule has 1 N–H and O–H groups in total. The number of rotatable bonds is 1. The zero-order valence-corrected chi connectivity index (χ0v) is 15.1. The Morgan fingerprint density at radius 1 is 1.21 bits per heavy atom. The number of carbonyl (C=O) groups is 2. The van der Waals surface area contributed by atoms with Crippen LogP contribution in [0.3, 0.4) is 0 Å². The summed E-state index contributed by atoms with van der Waals surface area (Å²) in [7, 11) is 0. The Kier molecular flexibility index (Phi) is 2.29. The summed E-state index contributed by atoms with van der Waals surface area (Å²) in [4.78, 5) is 31.3. The van der Waals surface area contributed by atoms with Crippen molar-refractivity contribution < 1.29 is 27.3 Å². The van der Waals surface area contributed by atoms with Gasteiger partial charge in [-0.3, -0.25) is 9.59 Å². The summed E-state index contributed by atoms with van der Waals surface area (Å²) in [6.07, 6.45) is -0.305. The van der Waals surface area contributed by atoms with Crippen LogP contribution in [0.5, 0.6) is 11.5 Å². The number of carbonyl (C=O) groups excluding carboxylic acids is 2. The number of fused-ring (bicyclic) bond motifs is 5. The molecule has 0 saturated carbocycles. The molecule has 3 aliphatic heterocycles. The van der Waals surface area contributed by atoms with E-state index in [2.05, 4.69) is 4.98 Å². The number of aromatic amines is 1. The van der Waals surface area contributed by atoms with E-state index < -0.39 is 37.3 Å². The van der Waals surface area contributed by atoms with E-state index >= 15 is 0 Å². The van der Waals surface area contributed by atoms with E-state index in [9.17, 15) is 11.0 Å². The molecule has 1 saturated heterocycles. The molecule has 0 aliphatic carbocycles. The fourth-order valence-corrected chi connectivity index (χ4v) is 4.33. The molecular formula is C22H19N3O4.